The van der Waals surface area contributed by atoms with Gasteiger partial charge >= 0.3 is 0 Å². The Morgan fingerprint density at radius 3 is 2.58 bits per heavy atom. The summed E-state index contributed by atoms with van der Waals surface area (Å²) < 4.78 is 0. The largest absolute Gasteiger partial charge is 0.301 e. The molecule has 0 bridgehead atoms. The molecule has 0 fully saturated rings. The Kier molecular flexibility index (Phi) is 4.19. The quantitative estimate of drug-likeness (QED) is 0.537. The second-order valence-corrected chi connectivity index (χ2v) is 3.41. The van der Waals surface area contributed by atoms with Gasteiger partial charge in [-0.15, -0.1) is 0 Å². The minimum absolute atomic E-state index is 0.310. The molecule has 12 heavy (non-hydrogen) atoms. The Hall–Kier alpha value is -0.470. The molecule has 66 valence electrons. The maximum atomic E-state index is 4.35. The van der Waals surface area contributed by atoms with Crippen molar-refractivity contribution in [1.29, 1.82) is 0 Å². The molecule has 1 nitrogen and oxygen atoms in total. The Balaban J connectivity index is 2.33. The van der Waals surface area contributed by atoms with Crippen molar-refractivity contribution >= 4 is 12.6 Å². The molecular weight excluding hydrogens is 166 g/mol. The molecule has 1 atom stereocenters. The van der Waals surface area contributed by atoms with Gasteiger partial charge in [0.1, 0.15) is 0 Å². The van der Waals surface area contributed by atoms with E-state index in [1.165, 1.54) is 5.56 Å². The van der Waals surface area contributed by atoms with Gasteiger partial charge in [-0.1, -0.05) is 37.3 Å². The van der Waals surface area contributed by atoms with E-state index < -0.39 is 0 Å². The van der Waals surface area contributed by atoms with Crippen LogP contribution in [0.3, 0.4) is 0 Å². The van der Waals surface area contributed by atoms with Crippen LogP contribution in [0.5, 0.6) is 0 Å². The van der Waals surface area contributed by atoms with E-state index in [1.54, 1.807) is 0 Å². The molecule has 0 aliphatic heterocycles. The standard InChI is InChI=1S/C10H15NS/c1-2-10(12)11-8-9-6-4-3-5-7-9/h3-7,10-12H,2,8H2,1H3. The van der Waals surface area contributed by atoms with Crippen LogP contribution in [0, 0.1) is 0 Å². The highest BCUT2D eigenvalue weighted by atomic mass is 32.1. The van der Waals surface area contributed by atoms with Crippen LogP contribution in [-0.4, -0.2) is 5.37 Å². The third-order valence-corrected chi connectivity index (χ3v) is 2.32. The molecule has 0 amide bonds. The molecule has 1 aromatic rings. The van der Waals surface area contributed by atoms with E-state index in [0.717, 1.165) is 13.0 Å². The van der Waals surface area contributed by atoms with Gasteiger partial charge in [-0.05, 0) is 12.0 Å². The van der Waals surface area contributed by atoms with Crippen molar-refractivity contribution in [2.75, 3.05) is 0 Å². The maximum absolute atomic E-state index is 4.35. The topological polar surface area (TPSA) is 12.0 Å². The van der Waals surface area contributed by atoms with E-state index >= 15 is 0 Å². The summed E-state index contributed by atoms with van der Waals surface area (Å²) >= 11 is 4.35. The fourth-order valence-corrected chi connectivity index (χ4v) is 1.07. The summed E-state index contributed by atoms with van der Waals surface area (Å²) in [7, 11) is 0. The van der Waals surface area contributed by atoms with Gasteiger partial charge in [0.2, 0.25) is 0 Å². The molecule has 0 heterocycles. The summed E-state index contributed by atoms with van der Waals surface area (Å²) in [6.45, 7) is 3.03. The normalized spacial score (nSPS) is 12.8. The number of hydrogen-bond donors (Lipinski definition) is 2. The van der Waals surface area contributed by atoms with E-state index in [-0.39, 0.29) is 0 Å². The molecule has 0 spiro atoms. The van der Waals surface area contributed by atoms with Gasteiger partial charge in [0.05, 0.1) is 5.37 Å². The van der Waals surface area contributed by atoms with Crippen LogP contribution in [0.1, 0.15) is 18.9 Å². The van der Waals surface area contributed by atoms with Crippen LogP contribution in [0.2, 0.25) is 0 Å². The predicted octanol–water partition coefficient (Wildman–Crippen LogP) is 2.44. The van der Waals surface area contributed by atoms with Crippen molar-refractivity contribution in [3.8, 4) is 0 Å². The van der Waals surface area contributed by atoms with E-state index in [9.17, 15) is 0 Å². The molecule has 0 radical (unpaired) electrons. The molecule has 0 aliphatic rings. The van der Waals surface area contributed by atoms with Gasteiger partial charge in [0, 0.05) is 6.54 Å². The van der Waals surface area contributed by atoms with E-state index in [1.807, 2.05) is 6.07 Å². The van der Waals surface area contributed by atoms with Crippen molar-refractivity contribution in [1.82, 2.24) is 5.32 Å². The zero-order chi connectivity index (χ0) is 8.81. The Bertz CT molecular complexity index is 210. The lowest BCUT2D eigenvalue weighted by molar-refractivity contribution is 0.637. The first kappa shape index (κ1) is 9.62. The van der Waals surface area contributed by atoms with Gasteiger partial charge in [-0.25, -0.2) is 0 Å². The number of benzene rings is 1. The molecular formula is C10H15NS. The van der Waals surface area contributed by atoms with Crippen LogP contribution in [0.25, 0.3) is 0 Å². The predicted molar refractivity (Wildman–Crippen MR) is 56.3 cm³/mol. The molecule has 0 aromatic heterocycles. The average Bonchev–Trinajstić information content (AvgIpc) is 2.16. The zero-order valence-corrected chi connectivity index (χ0v) is 8.22. The van der Waals surface area contributed by atoms with Gasteiger partial charge in [0.15, 0.2) is 0 Å². The van der Waals surface area contributed by atoms with Crippen molar-refractivity contribution in [3.05, 3.63) is 35.9 Å². The number of rotatable bonds is 4. The Morgan fingerprint density at radius 1 is 1.33 bits per heavy atom. The monoisotopic (exact) mass is 181 g/mol. The first-order chi connectivity index (χ1) is 5.83. The summed E-state index contributed by atoms with van der Waals surface area (Å²) in [4.78, 5) is 0. The van der Waals surface area contributed by atoms with E-state index in [2.05, 4.69) is 49.1 Å². The van der Waals surface area contributed by atoms with Gasteiger partial charge in [0.25, 0.3) is 0 Å². The van der Waals surface area contributed by atoms with Gasteiger partial charge in [-0.2, -0.15) is 12.6 Å². The zero-order valence-electron chi connectivity index (χ0n) is 7.33. The summed E-state index contributed by atoms with van der Waals surface area (Å²) in [5.41, 5.74) is 1.31. The van der Waals surface area contributed by atoms with Crippen LogP contribution < -0.4 is 5.32 Å². The third kappa shape index (κ3) is 3.28. The lowest BCUT2D eigenvalue weighted by Crippen LogP contribution is -2.22. The minimum Gasteiger partial charge on any atom is -0.301 e. The SMILES string of the molecule is CCC(S)NCc1ccccc1. The highest BCUT2D eigenvalue weighted by molar-refractivity contribution is 7.80. The van der Waals surface area contributed by atoms with E-state index in [0.29, 0.717) is 5.37 Å². The molecule has 1 N–H and O–H groups in total. The maximum Gasteiger partial charge on any atom is 0.0502 e. The molecule has 0 aliphatic carbocycles. The second-order valence-electron chi connectivity index (χ2n) is 2.79. The summed E-state index contributed by atoms with van der Waals surface area (Å²) in [5.74, 6) is 0. The van der Waals surface area contributed by atoms with Crippen molar-refractivity contribution in [3.63, 3.8) is 0 Å². The fourth-order valence-electron chi connectivity index (χ4n) is 0.976. The van der Waals surface area contributed by atoms with Crippen molar-refractivity contribution in [2.45, 2.75) is 25.3 Å². The molecule has 1 rings (SSSR count). The fraction of sp³-hybridized carbons (Fsp3) is 0.400. The lowest BCUT2D eigenvalue weighted by Gasteiger charge is -2.09. The lowest BCUT2D eigenvalue weighted by atomic mass is 10.2. The minimum atomic E-state index is 0.310. The van der Waals surface area contributed by atoms with Gasteiger partial charge < -0.3 is 5.32 Å². The first-order valence-electron chi connectivity index (χ1n) is 4.28. The summed E-state index contributed by atoms with van der Waals surface area (Å²) in [6.07, 6.45) is 1.05. The van der Waals surface area contributed by atoms with Crippen LogP contribution >= 0.6 is 12.6 Å². The van der Waals surface area contributed by atoms with Crippen molar-refractivity contribution in [2.24, 2.45) is 0 Å². The molecule has 1 unspecified atom stereocenters. The van der Waals surface area contributed by atoms with Crippen LogP contribution in [0.4, 0.5) is 0 Å². The van der Waals surface area contributed by atoms with Crippen LogP contribution in [0.15, 0.2) is 30.3 Å². The molecule has 2 heteroatoms. The molecule has 0 saturated heterocycles. The number of hydrogen-bond acceptors (Lipinski definition) is 2. The second kappa shape index (κ2) is 5.22. The Morgan fingerprint density at radius 2 is 2.00 bits per heavy atom. The van der Waals surface area contributed by atoms with Crippen LogP contribution in [-0.2, 0) is 6.54 Å². The Labute approximate surface area is 79.6 Å². The summed E-state index contributed by atoms with van der Waals surface area (Å²) in [6, 6.07) is 10.4. The van der Waals surface area contributed by atoms with Gasteiger partial charge in [-0.3, -0.25) is 0 Å². The molecule has 1 aromatic carbocycles. The molecule has 0 saturated carbocycles. The number of thiol groups is 1. The average molecular weight is 181 g/mol. The highest BCUT2D eigenvalue weighted by Gasteiger charge is 1.97. The third-order valence-electron chi connectivity index (χ3n) is 1.77. The smallest absolute Gasteiger partial charge is 0.0502 e. The van der Waals surface area contributed by atoms with E-state index in [4.69, 9.17) is 0 Å². The first-order valence-corrected chi connectivity index (χ1v) is 4.80. The highest BCUT2D eigenvalue weighted by Crippen LogP contribution is 2.01. The number of nitrogens with one attached hydrogen (secondary N) is 1. The summed E-state index contributed by atoms with van der Waals surface area (Å²) in [5, 5.41) is 3.62. The van der Waals surface area contributed by atoms with Crippen molar-refractivity contribution < 1.29 is 0 Å².